The second-order valence-electron chi connectivity index (χ2n) is 4.72. The van der Waals surface area contributed by atoms with Gasteiger partial charge in [-0.2, -0.15) is 0 Å². The van der Waals surface area contributed by atoms with Gasteiger partial charge in [-0.1, -0.05) is 18.2 Å². The number of aryl methyl sites for hydroxylation is 1. The maximum atomic E-state index is 12.2. The number of hydrogen-bond donors (Lipinski definition) is 2. The quantitative estimate of drug-likeness (QED) is 0.884. The molecular weight excluding hydrogens is 258 g/mol. The van der Waals surface area contributed by atoms with E-state index in [0.717, 1.165) is 17.8 Å². The fourth-order valence-electron chi connectivity index (χ4n) is 2.25. The highest BCUT2D eigenvalue weighted by Crippen LogP contribution is 2.25. The first-order chi connectivity index (χ1) is 9.22. The number of anilines is 2. The van der Waals surface area contributed by atoms with Crippen molar-refractivity contribution < 1.29 is 4.79 Å². The first-order valence-electron chi connectivity index (χ1n) is 6.27. The number of carbonyl (C=O) groups excluding carboxylic acids is 1. The molecule has 98 valence electrons. The number of amides is 1. The second kappa shape index (κ2) is 5.01. The summed E-state index contributed by atoms with van der Waals surface area (Å²) in [6.45, 7) is 2.60. The summed E-state index contributed by atoms with van der Waals surface area (Å²) in [7, 11) is 0. The summed E-state index contributed by atoms with van der Waals surface area (Å²) in [5.41, 5.74) is 3.27. The standard InChI is InChI=1S/C14H15N3OS/c1-9-8-19-14(16-9)17-13(18)11-6-10-4-2-3-5-12(10)15-7-11/h2-5,8,11,15H,6-7H2,1H3,(H,16,17,18). The molecule has 0 aliphatic carbocycles. The van der Waals surface area contributed by atoms with Crippen LogP contribution < -0.4 is 10.6 Å². The van der Waals surface area contributed by atoms with Gasteiger partial charge in [-0.25, -0.2) is 4.98 Å². The number of benzene rings is 1. The third-order valence-electron chi connectivity index (χ3n) is 3.24. The molecule has 0 saturated carbocycles. The van der Waals surface area contributed by atoms with E-state index in [0.29, 0.717) is 11.7 Å². The summed E-state index contributed by atoms with van der Waals surface area (Å²) in [4.78, 5) is 16.5. The van der Waals surface area contributed by atoms with Gasteiger partial charge in [0.1, 0.15) is 0 Å². The van der Waals surface area contributed by atoms with Gasteiger partial charge in [-0.3, -0.25) is 4.79 Å². The average molecular weight is 273 g/mol. The van der Waals surface area contributed by atoms with Crippen molar-refractivity contribution in [2.75, 3.05) is 17.2 Å². The van der Waals surface area contributed by atoms with Gasteiger partial charge in [0.25, 0.3) is 0 Å². The predicted octanol–water partition coefficient (Wildman–Crippen LogP) is 2.67. The van der Waals surface area contributed by atoms with Crippen LogP contribution in [0, 0.1) is 12.8 Å². The van der Waals surface area contributed by atoms with E-state index in [1.165, 1.54) is 16.9 Å². The molecule has 1 aliphatic rings. The normalized spacial score (nSPS) is 17.4. The predicted molar refractivity (Wildman–Crippen MR) is 77.6 cm³/mol. The van der Waals surface area contributed by atoms with Gasteiger partial charge in [0, 0.05) is 17.6 Å². The number of fused-ring (bicyclic) bond motifs is 1. The lowest BCUT2D eigenvalue weighted by Crippen LogP contribution is -2.33. The fraction of sp³-hybridized carbons (Fsp3) is 0.286. The number of para-hydroxylation sites is 1. The van der Waals surface area contributed by atoms with Crippen molar-refractivity contribution in [1.29, 1.82) is 0 Å². The van der Waals surface area contributed by atoms with E-state index < -0.39 is 0 Å². The third kappa shape index (κ3) is 2.61. The highest BCUT2D eigenvalue weighted by molar-refractivity contribution is 7.13. The molecule has 1 aromatic heterocycles. The van der Waals surface area contributed by atoms with Crippen LogP contribution in [0.1, 0.15) is 11.3 Å². The SMILES string of the molecule is Cc1csc(NC(=O)C2CNc3ccccc3C2)n1. The minimum atomic E-state index is -0.0425. The highest BCUT2D eigenvalue weighted by atomic mass is 32.1. The highest BCUT2D eigenvalue weighted by Gasteiger charge is 2.24. The summed E-state index contributed by atoms with van der Waals surface area (Å²) in [6.07, 6.45) is 0.777. The molecule has 1 atom stereocenters. The Morgan fingerprint density at radius 1 is 1.47 bits per heavy atom. The molecule has 2 heterocycles. The molecule has 0 spiro atoms. The van der Waals surface area contributed by atoms with E-state index in [2.05, 4.69) is 21.7 Å². The molecule has 2 aromatic rings. The van der Waals surface area contributed by atoms with Crippen molar-refractivity contribution >= 4 is 28.1 Å². The maximum absolute atomic E-state index is 12.2. The largest absolute Gasteiger partial charge is 0.384 e. The summed E-state index contributed by atoms with van der Waals surface area (Å²) in [5, 5.41) is 8.81. The van der Waals surface area contributed by atoms with Gasteiger partial charge >= 0.3 is 0 Å². The van der Waals surface area contributed by atoms with Crippen LogP contribution in [0.15, 0.2) is 29.6 Å². The molecule has 1 amide bonds. The van der Waals surface area contributed by atoms with Crippen LogP contribution in [0.4, 0.5) is 10.8 Å². The maximum Gasteiger partial charge on any atom is 0.231 e. The van der Waals surface area contributed by atoms with Crippen molar-refractivity contribution in [3.8, 4) is 0 Å². The first kappa shape index (κ1) is 12.2. The molecule has 1 aromatic carbocycles. The van der Waals surface area contributed by atoms with Gasteiger partial charge in [-0.05, 0) is 25.0 Å². The molecule has 1 unspecified atom stereocenters. The number of carbonyl (C=O) groups is 1. The molecule has 0 radical (unpaired) electrons. The lowest BCUT2D eigenvalue weighted by Gasteiger charge is -2.24. The smallest absolute Gasteiger partial charge is 0.231 e. The minimum absolute atomic E-state index is 0.0383. The van der Waals surface area contributed by atoms with E-state index in [1.54, 1.807) is 0 Å². The van der Waals surface area contributed by atoms with Gasteiger partial charge in [0.05, 0.1) is 11.6 Å². The van der Waals surface area contributed by atoms with Crippen LogP contribution >= 0.6 is 11.3 Å². The Morgan fingerprint density at radius 3 is 3.11 bits per heavy atom. The van der Waals surface area contributed by atoms with Crippen LogP contribution in [0.3, 0.4) is 0 Å². The van der Waals surface area contributed by atoms with E-state index in [9.17, 15) is 4.79 Å². The Hall–Kier alpha value is -1.88. The topological polar surface area (TPSA) is 54.0 Å². The minimum Gasteiger partial charge on any atom is -0.384 e. The van der Waals surface area contributed by atoms with Gasteiger partial charge in [0.2, 0.25) is 5.91 Å². The number of rotatable bonds is 2. The van der Waals surface area contributed by atoms with Crippen LogP contribution in [-0.2, 0) is 11.2 Å². The number of thiazole rings is 1. The van der Waals surface area contributed by atoms with Crippen LogP contribution in [-0.4, -0.2) is 17.4 Å². The molecule has 3 rings (SSSR count). The van der Waals surface area contributed by atoms with Crippen molar-refractivity contribution in [3.05, 3.63) is 40.9 Å². The van der Waals surface area contributed by atoms with Gasteiger partial charge in [0.15, 0.2) is 5.13 Å². The molecular formula is C14H15N3OS. The molecule has 4 nitrogen and oxygen atoms in total. The van der Waals surface area contributed by atoms with Gasteiger partial charge in [-0.15, -0.1) is 11.3 Å². The molecule has 5 heteroatoms. The zero-order valence-corrected chi connectivity index (χ0v) is 11.5. The molecule has 0 saturated heterocycles. The van der Waals surface area contributed by atoms with Crippen LogP contribution in [0.5, 0.6) is 0 Å². The van der Waals surface area contributed by atoms with Crippen molar-refractivity contribution in [2.24, 2.45) is 5.92 Å². The van der Waals surface area contributed by atoms with E-state index in [1.807, 2.05) is 30.5 Å². The Morgan fingerprint density at radius 2 is 2.32 bits per heavy atom. The Labute approximate surface area is 115 Å². The molecule has 19 heavy (non-hydrogen) atoms. The number of nitrogens with one attached hydrogen (secondary N) is 2. The fourth-order valence-corrected chi connectivity index (χ4v) is 2.94. The molecule has 1 aliphatic heterocycles. The zero-order chi connectivity index (χ0) is 13.2. The number of nitrogens with zero attached hydrogens (tertiary/aromatic N) is 1. The van der Waals surface area contributed by atoms with Crippen LogP contribution in [0.25, 0.3) is 0 Å². The Balaban J connectivity index is 1.69. The van der Waals surface area contributed by atoms with Crippen molar-refractivity contribution in [1.82, 2.24) is 4.98 Å². The summed E-state index contributed by atoms with van der Waals surface area (Å²) in [6, 6.07) is 8.12. The molecule has 0 fully saturated rings. The average Bonchev–Trinajstić information content (AvgIpc) is 2.83. The third-order valence-corrected chi connectivity index (χ3v) is 4.12. The summed E-state index contributed by atoms with van der Waals surface area (Å²) in [5.74, 6) is -0.00420. The van der Waals surface area contributed by atoms with Crippen molar-refractivity contribution in [2.45, 2.75) is 13.3 Å². The lowest BCUT2D eigenvalue weighted by molar-refractivity contribution is -0.119. The summed E-state index contributed by atoms with van der Waals surface area (Å²) >= 11 is 1.46. The van der Waals surface area contributed by atoms with E-state index >= 15 is 0 Å². The zero-order valence-electron chi connectivity index (χ0n) is 10.6. The van der Waals surface area contributed by atoms with E-state index in [4.69, 9.17) is 0 Å². The summed E-state index contributed by atoms with van der Waals surface area (Å²) < 4.78 is 0. The van der Waals surface area contributed by atoms with E-state index in [-0.39, 0.29) is 11.8 Å². The lowest BCUT2D eigenvalue weighted by atomic mass is 9.93. The Kier molecular flexibility index (Phi) is 3.21. The number of hydrogen-bond acceptors (Lipinski definition) is 4. The molecule has 2 N–H and O–H groups in total. The Bertz CT molecular complexity index is 608. The first-order valence-corrected chi connectivity index (χ1v) is 7.15. The van der Waals surface area contributed by atoms with Gasteiger partial charge < -0.3 is 10.6 Å². The number of aromatic nitrogens is 1. The monoisotopic (exact) mass is 273 g/mol. The second-order valence-corrected chi connectivity index (χ2v) is 5.58. The molecule has 0 bridgehead atoms. The van der Waals surface area contributed by atoms with Crippen molar-refractivity contribution in [3.63, 3.8) is 0 Å². The van der Waals surface area contributed by atoms with Crippen LogP contribution in [0.2, 0.25) is 0 Å².